The first kappa shape index (κ1) is 12.3. The van der Waals surface area contributed by atoms with Crippen LogP contribution in [0.5, 0.6) is 0 Å². The normalized spacial score (nSPS) is 10.5. The Morgan fingerprint density at radius 3 is 2.65 bits per heavy atom. The zero-order chi connectivity index (χ0) is 12.1. The van der Waals surface area contributed by atoms with Gasteiger partial charge in [0.05, 0.1) is 0 Å². The van der Waals surface area contributed by atoms with Crippen LogP contribution in [-0.4, -0.2) is 4.98 Å². The van der Waals surface area contributed by atoms with Crippen molar-refractivity contribution in [2.45, 2.75) is 20.0 Å². The summed E-state index contributed by atoms with van der Waals surface area (Å²) in [5.41, 5.74) is 3.80. The third kappa shape index (κ3) is 3.38. The van der Waals surface area contributed by atoms with Gasteiger partial charge in [-0.3, -0.25) is 4.98 Å². The van der Waals surface area contributed by atoms with Crippen LogP contribution in [-0.2, 0) is 13.1 Å². The molecule has 0 fully saturated rings. The quantitative estimate of drug-likeness (QED) is 0.933. The lowest BCUT2D eigenvalue weighted by Gasteiger charge is -2.08. The number of halogens is 1. The topological polar surface area (TPSA) is 24.9 Å². The first-order valence-corrected chi connectivity index (χ1v) is 6.40. The maximum absolute atomic E-state index is 4.14. The Labute approximate surface area is 110 Å². The molecule has 0 radical (unpaired) electrons. The highest BCUT2D eigenvalue weighted by Crippen LogP contribution is 2.15. The van der Waals surface area contributed by atoms with Gasteiger partial charge in [-0.2, -0.15) is 0 Å². The van der Waals surface area contributed by atoms with Crippen molar-refractivity contribution in [1.29, 1.82) is 0 Å². The molecule has 1 N–H and O–H groups in total. The van der Waals surface area contributed by atoms with Gasteiger partial charge >= 0.3 is 0 Å². The van der Waals surface area contributed by atoms with E-state index < -0.39 is 0 Å². The lowest BCUT2D eigenvalue weighted by Crippen LogP contribution is -2.14. The average molecular weight is 291 g/mol. The Bertz CT molecular complexity index is 452. The Hall–Kier alpha value is -1.19. The van der Waals surface area contributed by atoms with E-state index in [0.29, 0.717) is 0 Å². The van der Waals surface area contributed by atoms with E-state index in [4.69, 9.17) is 0 Å². The molecule has 0 saturated heterocycles. The summed E-state index contributed by atoms with van der Waals surface area (Å²) in [7, 11) is 0. The standard InChI is InChI=1S/C14H15BrN2/c1-11-6-7-16-9-13(11)10-17-8-12-4-2-3-5-14(12)15/h2-7,9,17H,8,10H2,1H3. The number of hydrogen-bond donors (Lipinski definition) is 1. The fourth-order valence-electron chi connectivity index (χ4n) is 1.66. The van der Waals surface area contributed by atoms with Gasteiger partial charge in [-0.1, -0.05) is 34.1 Å². The van der Waals surface area contributed by atoms with Crippen LogP contribution in [0.2, 0.25) is 0 Å². The minimum Gasteiger partial charge on any atom is -0.309 e. The van der Waals surface area contributed by atoms with Crippen molar-refractivity contribution in [3.8, 4) is 0 Å². The minimum absolute atomic E-state index is 0.848. The van der Waals surface area contributed by atoms with Crippen LogP contribution in [0, 0.1) is 6.92 Å². The molecule has 0 unspecified atom stereocenters. The molecule has 1 heterocycles. The van der Waals surface area contributed by atoms with E-state index in [0.717, 1.165) is 17.6 Å². The predicted molar refractivity (Wildman–Crippen MR) is 73.7 cm³/mol. The number of pyridine rings is 1. The molecule has 2 rings (SSSR count). The summed E-state index contributed by atoms with van der Waals surface area (Å²) in [6, 6.07) is 10.3. The Balaban J connectivity index is 1.93. The summed E-state index contributed by atoms with van der Waals surface area (Å²) in [5, 5.41) is 3.43. The highest BCUT2D eigenvalue weighted by Gasteiger charge is 2.00. The van der Waals surface area contributed by atoms with Crippen LogP contribution in [0.4, 0.5) is 0 Å². The number of aromatic nitrogens is 1. The van der Waals surface area contributed by atoms with E-state index in [1.54, 1.807) is 0 Å². The molecule has 0 amide bonds. The second kappa shape index (κ2) is 5.94. The number of rotatable bonds is 4. The molecule has 1 aromatic heterocycles. The van der Waals surface area contributed by atoms with Crippen molar-refractivity contribution in [1.82, 2.24) is 10.3 Å². The molecule has 1 aromatic carbocycles. The molecular weight excluding hydrogens is 276 g/mol. The highest BCUT2D eigenvalue weighted by atomic mass is 79.9. The van der Waals surface area contributed by atoms with E-state index in [1.165, 1.54) is 16.7 Å². The van der Waals surface area contributed by atoms with Gasteiger partial charge in [-0.05, 0) is 35.7 Å². The molecule has 0 bridgehead atoms. The molecule has 0 aliphatic rings. The van der Waals surface area contributed by atoms with Crippen LogP contribution < -0.4 is 5.32 Å². The molecule has 0 saturated carbocycles. The maximum Gasteiger partial charge on any atom is 0.0315 e. The van der Waals surface area contributed by atoms with Gasteiger partial charge in [0, 0.05) is 30.0 Å². The third-order valence-electron chi connectivity index (χ3n) is 2.74. The predicted octanol–water partition coefficient (Wildman–Crippen LogP) is 3.44. The van der Waals surface area contributed by atoms with Crippen LogP contribution in [0.3, 0.4) is 0 Å². The van der Waals surface area contributed by atoms with E-state index in [9.17, 15) is 0 Å². The molecule has 88 valence electrons. The van der Waals surface area contributed by atoms with Gasteiger partial charge in [0.1, 0.15) is 0 Å². The number of nitrogens with zero attached hydrogens (tertiary/aromatic N) is 1. The molecule has 17 heavy (non-hydrogen) atoms. The molecular formula is C14H15BrN2. The molecule has 0 spiro atoms. The highest BCUT2D eigenvalue weighted by molar-refractivity contribution is 9.10. The lowest BCUT2D eigenvalue weighted by molar-refractivity contribution is 0.687. The van der Waals surface area contributed by atoms with Gasteiger partial charge in [0.15, 0.2) is 0 Å². The summed E-state index contributed by atoms with van der Waals surface area (Å²) in [6.45, 7) is 3.81. The van der Waals surface area contributed by atoms with Gasteiger partial charge in [0.2, 0.25) is 0 Å². The van der Waals surface area contributed by atoms with Crippen molar-refractivity contribution in [3.05, 3.63) is 63.9 Å². The van der Waals surface area contributed by atoms with Crippen LogP contribution in [0.15, 0.2) is 47.2 Å². The van der Waals surface area contributed by atoms with E-state index in [-0.39, 0.29) is 0 Å². The van der Waals surface area contributed by atoms with Crippen molar-refractivity contribution < 1.29 is 0 Å². The van der Waals surface area contributed by atoms with E-state index >= 15 is 0 Å². The second-order valence-electron chi connectivity index (χ2n) is 4.00. The zero-order valence-electron chi connectivity index (χ0n) is 9.78. The van der Waals surface area contributed by atoms with Gasteiger partial charge in [-0.15, -0.1) is 0 Å². The fraction of sp³-hybridized carbons (Fsp3) is 0.214. The molecule has 0 aliphatic heterocycles. The van der Waals surface area contributed by atoms with Crippen molar-refractivity contribution in [2.24, 2.45) is 0 Å². The third-order valence-corrected chi connectivity index (χ3v) is 3.51. The first-order chi connectivity index (χ1) is 8.27. The zero-order valence-corrected chi connectivity index (χ0v) is 11.4. The number of aryl methyl sites for hydroxylation is 1. The molecule has 0 atom stereocenters. The van der Waals surface area contributed by atoms with E-state index in [2.05, 4.69) is 51.4 Å². The first-order valence-electron chi connectivity index (χ1n) is 5.61. The fourth-order valence-corrected chi connectivity index (χ4v) is 2.08. The van der Waals surface area contributed by atoms with Gasteiger partial charge in [-0.25, -0.2) is 0 Å². The smallest absolute Gasteiger partial charge is 0.0315 e. The van der Waals surface area contributed by atoms with Gasteiger partial charge < -0.3 is 5.32 Å². The van der Waals surface area contributed by atoms with Crippen molar-refractivity contribution >= 4 is 15.9 Å². The number of benzene rings is 1. The summed E-state index contributed by atoms with van der Waals surface area (Å²) in [5.74, 6) is 0. The maximum atomic E-state index is 4.14. The summed E-state index contributed by atoms with van der Waals surface area (Å²) >= 11 is 3.54. The monoisotopic (exact) mass is 290 g/mol. The van der Waals surface area contributed by atoms with Crippen LogP contribution >= 0.6 is 15.9 Å². The summed E-state index contributed by atoms with van der Waals surface area (Å²) < 4.78 is 1.15. The second-order valence-corrected chi connectivity index (χ2v) is 4.85. The molecule has 3 heteroatoms. The number of nitrogens with one attached hydrogen (secondary N) is 1. The Morgan fingerprint density at radius 1 is 1.12 bits per heavy atom. The van der Waals surface area contributed by atoms with Crippen LogP contribution in [0.25, 0.3) is 0 Å². The molecule has 2 nitrogen and oxygen atoms in total. The Morgan fingerprint density at radius 2 is 1.88 bits per heavy atom. The molecule has 2 aromatic rings. The molecule has 0 aliphatic carbocycles. The van der Waals surface area contributed by atoms with E-state index in [1.807, 2.05) is 24.5 Å². The minimum atomic E-state index is 0.848. The van der Waals surface area contributed by atoms with Crippen LogP contribution in [0.1, 0.15) is 16.7 Å². The summed E-state index contributed by atoms with van der Waals surface area (Å²) in [4.78, 5) is 4.14. The Kier molecular flexibility index (Phi) is 4.29. The van der Waals surface area contributed by atoms with Crippen molar-refractivity contribution in [3.63, 3.8) is 0 Å². The summed E-state index contributed by atoms with van der Waals surface area (Å²) in [6.07, 6.45) is 3.75. The largest absolute Gasteiger partial charge is 0.309 e. The SMILES string of the molecule is Cc1ccncc1CNCc1ccccc1Br. The van der Waals surface area contributed by atoms with Gasteiger partial charge in [0.25, 0.3) is 0 Å². The average Bonchev–Trinajstić information content (AvgIpc) is 2.34. The number of hydrogen-bond acceptors (Lipinski definition) is 2. The van der Waals surface area contributed by atoms with Crippen molar-refractivity contribution in [2.75, 3.05) is 0 Å². The lowest BCUT2D eigenvalue weighted by atomic mass is 10.1.